The van der Waals surface area contributed by atoms with Gasteiger partial charge in [0.15, 0.2) is 0 Å². The van der Waals surface area contributed by atoms with Crippen molar-refractivity contribution in [2.45, 2.75) is 31.0 Å². The van der Waals surface area contributed by atoms with E-state index in [1.165, 1.54) is 0 Å². The molecular weight excluding hydrogens is 313 g/mol. The van der Waals surface area contributed by atoms with Gasteiger partial charge in [-0.3, -0.25) is 0 Å². The number of hydrogen-bond donors (Lipinski definition) is 2. The number of morpholine rings is 1. The summed E-state index contributed by atoms with van der Waals surface area (Å²) in [7, 11) is 0. The zero-order valence-corrected chi connectivity index (χ0v) is 13.9. The van der Waals surface area contributed by atoms with Crippen LogP contribution < -0.4 is 10.1 Å². The van der Waals surface area contributed by atoms with Gasteiger partial charge in [0, 0.05) is 32.7 Å². The van der Waals surface area contributed by atoms with E-state index in [1.807, 2.05) is 12.1 Å². The molecule has 2 atom stereocenters. The monoisotopic (exact) mass is 339 g/mol. The quantitative estimate of drug-likeness (QED) is 0.826. The lowest BCUT2D eigenvalue weighted by Gasteiger charge is -2.45. The van der Waals surface area contributed by atoms with Crippen molar-refractivity contribution >= 4 is 0 Å². The molecule has 2 fully saturated rings. The topological polar surface area (TPSA) is 60.0 Å². The average Bonchev–Trinajstić information content (AvgIpc) is 2.64. The molecule has 0 aromatic heterocycles. The van der Waals surface area contributed by atoms with Gasteiger partial charge >= 0.3 is 0 Å². The Morgan fingerprint density at radius 3 is 2.83 bits per heavy atom. The maximum atomic E-state index is 12.4. The van der Waals surface area contributed by atoms with Crippen LogP contribution in [0, 0.1) is 5.92 Å². The zero-order chi connectivity index (χ0) is 16.8. The molecule has 2 heterocycles. The van der Waals surface area contributed by atoms with Crippen LogP contribution in [0.3, 0.4) is 0 Å². The Morgan fingerprint density at radius 2 is 2.12 bits per heavy atom. The summed E-state index contributed by atoms with van der Waals surface area (Å²) in [6.07, 6.45) is 1.82. The summed E-state index contributed by atoms with van der Waals surface area (Å²) in [6.45, 7) is 2.51. The molecule has 24 heavy (non-hydrogen) atoms. The Kier molecular flexibility index (Phi) is 6.05. The molecule has 6 heteroatoms. The van der Waals surface area contributed by atoms with Gasteiger partial charge in [-0.15, -0.1) is 0 Å². The SMILES string of the molecule is OC(Cc1cccc(OCF)c1)(C1CCOCC1)C1CNCCO1. The number of nitrogens with one attached hydrogen (secondary N) is 1. The van der Waals surface area contributed by atoms with Crippen molar-refractivity contribution in [1.29, 1.82) is 0 Å². The second kappa shape index (κ2) is 8.25. The van der Waals surface area contributed by atoms with E-state index in [0.717, 1.165) is 24.9 Å². The van der Waals surface area contributed by atoms with E-state index in [0.29, 0.717) is 38.5 Å². The lowest BCUT2D eigenvalue weighted by atomic mass is 9.74. The molecule has 5 nitrogen and oxygen atoms in total. The van der Waals surface area contributed by atoms with E-state index in [-0.39, 0.29) is 12.0 Å². The van der Waals surface area contributed by atoms with Crippen LogP contribution in [0.4, 0.5) is 4.39 Å². The highest BCUT2D eigenvalue weighted by molar-refractivity contribution is 5.30. The van der Waals surface area contributed by atoms with Crippen molar-refractivity contribution in [2.75, 3.05) is 39.8 Å². The number of rotatable bonds is 6. The highest BCUT2D eigenvalue weighted by atomic mass is 19.1. The van der Waals surface area contributed by atoms with Crippen molar-refractivity contribution in [2.24, 2.45) is 5.92 Å². The van der Waals surface area contributed by atoms with Crippen molar-refractivity contribution < 1.29 is 23.7 Å². The van der Waals surface area contributed by atoms with E-state index in [1.54, 1.807) is 12.1 Å². The van der Waals surface area contributed by atoms with Crippen LogP contribution in [0.1, 0.15) is 18.4 Å². The molecule has 0 amide bonds. The highest BCUT2D eigenvalue weighted by Crippen LogP contribution is 2.35. The predicted octanol–water partition coefficient (Wildman–Crippen LogP) is 1.68. The van der Waals surface area contributed by atoms with Crippen LogP contribution in [0.25, 0.3) is 0 Å². The molecule has 2 unspecified atom stereocenters. The molecule has 0 aliphatic carbocycles. The molecule has 0 radical (unpaired) electrons. The number of hydrogen-bond acceptors (Lipinski definition) is 5. The first-order valence-electron chi connectivity index (χ1n) is 8.62. The van der Waals surface area contributed by atoms with E-state index in [9.17, 15) is 9.50 Å². The van der Waals surface area contributed by atoms with E-state index in [2.05, 4.69) is 5.32 Å². The minimum atomic E-state index is -0.981. The second-order valence-corrected chi connectivity index (χ2v) is 6.52. The minimum Gasteiger partial charge on any atom is -0.463 e. The lowest BCUT2D eigenvalue weighted by Crippen LogP contribution is -2.59. The molecule has 0 bridgehead atoms. The number of alkyl halides is 1. The lowest BCUT2D eigenvalue weighted by molar-refractivity contribution is -0.163. The van der Waals surface area contributed by atoms with Gasteiger partial charge in [0.1, 0.15) is 5.75 Å². The van der Waals surface area contributed by atoms with E-state index < -0.39 is 12.5 Å². The molecular formula is C18H26FNO4. The van der Waals surface area contributed by atoms with Crippen molar-refractivity contribution in [3.63, 3.8) is 0 Å². The average molecular weight is 339 g/mol. The maximum Gasteiger partial charge on any atom is 0.228 e. The first-order valence-corrected chi connectivity index (χ1v) is 8.62. The Hall–Kier alpha value is -1.21. The van der Waals surface area contributed by atoms with E-state index in [4.69, 9.17) is 14.2 Å². The third-order valence-electron chi connectivity index (χ3n) is 5.02. The maximum absolute atomic E-state index is 12.4. The van der Waals surface area contributed by atoms with Crippen LogP contribution in [-0.2, 0) is 15.9 Å². The Morgan fingerprint density at radius 1 is 1.29 bits per heavy atom. The predicted molar refractivity (Wildman–Crippen MR) is 87.9 cm³/mol. The smallest absolute Gasteiger partial charge is 0.228 e. The minimum absolute atomic E-state index is 0.113. The Labute approximate surface area is 142 Å². The molecule has 2 aliphatic heterocycles. The molecule has 1 aromatic carbocycles. The first kappa shape index (κ1) is 17.6. The largest absolute Gasteiger partial charge is 0.463 e. The van der Waals surface area contributed by atoms with Crippen molar-refractivity contribution in [3.8, 4) is 5.75 Å². The number of halogens is 1. The zero-order valence-electron chi connectivity index (χ0n) is 13.9. The molecule has 0 spiro atoms. The van der Waals surface area contributed by atoms with Gasteiger partial charge < -0.3 is 24.6 Å². The summed E-state index contributed by atoms with van der Waals surface area (Å²) < 4.78 is 28.7. The number of benzene rings is 1. The molecule has 2 N–H and O–H groups in total. The summed E-state index contributed by atoms with van der Waals surface area (Å²) in [4.78, 5) is 0. The van der Waals surface area contributed by atoms with Gasteiger partial charge in [-0.05, 0) is 36.5 Å². The number of ether oxygens (including phenoxy) is 3. The van der Waals surface area contributed by atoms with Crippen LogP contribution in [0.15, 0.2) is 24.3 Å². The third-order valence-corrected chi connectivity index (χ3v) is 5.02. The van der Waals surface area contributed by atoms with Gasteiger partial charge in [-0.25, -0.2) is 4.39 Å². The highest BCUT2D eigenvalue weighted by Gasteiger charge is 2.45. The summed E-state index contributed by atoms with van der Waals surface area (Å²) in [6, 6.07) is 7.27. The first-order chi connectivity index (χ1) is 11.7. The van der Waals surface area contributed by atoms with Crippen molar-refractivity contribution in [1.82, 2.24) is 5.32 Å². The Balaban J connectivity index is 1.81. The van der Waals surface area contributed by atoms with Gasteiger partial charge in [-0.2, -0.15) is 0 Å². The molecule has 2 saturated heterocycles. The summed E-state index contributed by atoms with van der Waals surface area (Å²) >= 11 is 0. The summed E-state index contributed by atoms with van der Waals surface area (Å²) in [5.41, 5.74) is -0.0601. The second-order valence-electron chi connectivity index (χ2n) is 6.52. The molecule has 134 valence electrons. The fraction of sp³-hybridized carbons (Fsp3) is 0.667. The summed E-state index contributed by atoms with van der Waals surface area (Å²) in [5.74, 6) is 0.592. The Bertz CT molecular complexity index is 497. The molecule has 2 aliphatic rings. The molecule has 0 saturated carbocycles. The standard InChI is InChI=1S/C18H26FNO4/c19-13-24-16-3-1-2-14(10-16)11-18(21,15-4-7-22-8-5-15)17-12-20-6-9-23-17/h1-3,10,15,17,20-21H,4-9,11-13H2. The van der Waals surface area contributed by atoms with Crippen LogP contribution in [-0.4, -0.2) is 56.6 Å². The van der Waals surface area contributed by atoms with Crippen LogP contribution in [0.5, 0.6) is 5.75 Å². The fourth-order valence-electron chi connectivity index (χ4n) is 3.74. The van der Waals surface area contributed by atoms with Crippen LogP contribution >= 0.6 is 0 Å². The summed E-state index contributed by atoms with van der Waals surface area (Å²) in [5, 5.41) is 14.9. The van der Waals surface area contributed by atoms with Gasteiger partial charge in [0.05, 0.1) is 18.3 Å². The van der Waals surface area contributed by atoms with Gasteiger partial charge in [-0.1, -0.05) is 12.1 Å². The van der Waals surface area contributed by atoms with Crippen molar-refractivity contribution in [3.05, 3.63) is 29.8 Å². The fourth-order valence-corrected chi connectivity index (χ4v) is 3.74. The van der Waals surface area contributed by atoms with Gasteiger partial charge in [0.2, 0.25) is 6.86 Å². The number of aliphatic hydroxyl groups is 1. The molecule has 3 rings (SSSR count). The third kappa shape index (κ3) is 4.06. The van der Waals surface area contributed by atoms with E-state index >= 15 is 0 Å². The molecule has 1 aromatic rings. The van der Waals surface area contributed by atoms with Crippen LogP contribution in [0.2, 0.25) is 0 Å². The van der Waals surface area contributed by atoms with Gasteiger partial charge in [0.25, 0.3) is 0 Å². The normalized spacial score (nSPS) is 25.2.